The average molecular weight is 292 g/mol. The van der Waals surface area contributed by atoms with Crippen LogP contribution in [0.3, 0.4) is 0 Å². The highest BCUT2D eigenvalue weighted by atomic mass is 16.6. The summed E-state index contributed by atoms with van der Waals surface area (Å²) < 4.78 is 0. The largest absolute Gasteiger partial charge is 0.382 e. The number of nitro groups is 1. The van der Waals surface area contributed by atoms with Gasteiger partial charge in [0.2, 0.25) is 0 Å². The van der Waals surface area contributed by atoms with Gasteiger partial charge >= 0.3 is 0 Å². The van der Waals surface area contributed by atoms with E-state index in [0.29, 0.717) is 24.7 Å². The Balaban J connectivity index is 2.28. The number of benzene rings is 1. The van der Waals surface area contributed by atoms with E-state index in [-0.39, 0.29) is 17.3 Å². The number of nitro benzene ring substituents is 1. The predicted molar refractivity (Wildman–Crippen MR) is 80.6 cm³/mol. The number of likely N-dealkylation sites (tertiary alicyclic amines) is 1. The number of carbonyl (C=O) groups excluding carboxylic acids is 1. The number of hydrogen-bond donors (Lipinski definition) is 1. The van der Waals surface area contributed by atoms with E-state index in [1.54, 1.807) is 24.1 Å². The van der Waals surface area contributed by atoms with Crippen LogP contribution in [0.2, 0.25) is 0 Å². The van der Waals surface area contributed by atoms with E-state index in [4.69, 9.17) is 0 Å². The number of anilines is 1. The Morgan fingerprint density at radius 3 is 2.71 bits per heavy atom. The fraction of sp³-hybridized carbons (Fsp3) is 0.500. The lowest BCUT2D eigenvalue weighted by Gasteiger charge is -2.21. The molecule has 0 saturated carbocycles. The molecule has 1 atom stereocenters. The minimum absolute atomic E-state index is 0.0771. The van der Waals surface area contributed by atoms with Gasteiger partial charge in [-0.15, -0.1) is 0 Å². The first kappa shape index (κ1) is 15.2. The SMILES string of the molecule is CNc1c(C(=O)N2CCC(N(C)C)C2)cccc1[N+](=O)[O-]. The van der Waals surface area contributed by atoms with Crippen LogP contribution in [-0.4, -0.2) is 60.9 Å². The van der Waals surface area contributed by atoms with Crippen LogP contribution >= 0.6 is 0 Å². The second-order valence-corrected chi connectivity index (χ2v) is 5.36. The summed E-state index contributed by atoms with van der Waals surface area (Å²) in [5, 5.41) is 13.8. The van der Waals surface area contributed by atoms with Crippen molar-refractivity contribution in [2.24, 2.45) is 0 Å². The third-order valence-electron chi connectivity index (χ3n) is 3.90. The lowest BCUT2D eigenvalue weighted by Crippen LogP contribution is -2.34. The van der Waals surface area contributed by atoms with E-state index in [2.05, 4.69) is 10.2 Å². The van der Waals surface area contributed by atoms with Crippen LogP contribution in [0.1, 0.15) is 16.8 Å². The summed E-state index contributed by atoms with van der Waals surface area (Å²) in [5.41, 5.74) is 0.554. The smallest absolute Gasteiger partial charge is 0.293 e. The first-order valence-corrected chi connectivity index (χ1v) is 6.86. The summed E-state index contributed by atoms with van der Waals surface area (Å²) in [6, 6.07) is 4.91. The molecular weight excluding hydrogens is 272 g/mol. The third kappa shape index (κ3) is 2.97. The Labute approximate surface area is 123 Å². The van der Waals surface area contributed by atoms with Gasteiger partial charge in [-0.05, 0) is 26.6 Å². The Hall–Kier alpha value is -2.15. The molecule has 1 aliphatic heterocycles. The molecule has 0 spiro atoms. The fourth-order valence-electron chi connectivity index (χ4n) is 2.65. The van der Waals surface area contributed by atoms with Crippen molar-refractivity contribution in [2.75, 3.05) is 39.5 Å². The van der Waals surface area contributed by atoms with E-state index in [9.17, 15) is 14.9 Å². The molecule has 1 N–H and O–H groups in total. The summed E-state index contributed by atoms with van der Waals surface area (Å²) in [4.78, 5) is 27.0. The van der Waals surface area contributed by atoms with Gasteiger partial charge < -0.3 is 15.1 Å². The van der Waals surface area contributed by atoms with Crippen molar-refractivity contribution in [3.05, 3.63) is 33.9 Å². The van der Waals surface area contributed by atoms with Crippen molar-refractivity contribution in [3.8, 4) is 0 Å². The molecule has 21 heavy (non-hydrogen) atoms. The number of carbonyl (C=O) groups is 1. The standard InChI is InChI=1S/C14H20N4O3/c1-15-13-11(5-4-6-12(13)18(20)21)14(19)17-8-7-10(9-17)16(2)3/h4-6,10,15H,7-9H2,1-3H3. The molecular formula is C14H20N4O3. The van der Waals surface area contributed by atoms with E-state index in [1.807, 2.05) is 14.1 Å². The molecule has 0 aliphatic carbocycles. The van der Waals surface area contributed by atoms with Crippen molar-refractivity contribution >= 4 is 17.3 Å². The highest BCUT2D eigenvalue weighted by Crippen LogP contribution is 2.29. The highest BCUT2D eigenvalue weighted by molar-refractivity contribution is 6.01. The summed E-state index contributed by atoms with van der Waals surface area (Å²) >= 11 is 0. The fourth-order valence-corrected chi connectivity index (χ4v) is 2.65. The molecule has 1 saturated heterocycles. The molecule has 0 aromatic heterocycles. The van der Waals surface area contributed by atoms with Crippen LogP contribution in [-0.2, 0) is 0 Å². The zero-order valence-corrected chi connectivity index (χ0v) is 12.5. The molecule has 7 heteroatoms. The molecule has 1 heterocycles. The topological polar surface area (TPSA) is 78.7 Å². The molecule has 0 bridgehead atoms. The van der Waals surface area contributed by atoms with Gasteiger partial charge in [-0.3, -0.25) is 14.9 Å². The van der Waals surface area contributed by atoms with Crippen LogP contribution in [0.25, 0.3) is 0 Å². The summed E-state index contributed by atoms with van der Waals surface area (Å²) in [7, 11) is 5.57. The Morgan fingerprint density at radius 2 is 2.19 bits per heavy atom. The molecule has 2 rings (SSSR count). The number of amides is 1. The lowest BCUT2D eigenvalue weighted by atomic mass is 10.1. The maximum Gasteiger partial charge on any atom is 0.293 e. The third-order valence-corrected chi connectivity index (χ3v) is 3.90. The molecule has 1 aromatic carbocycles. The van der Waals surface area contributed by atoms with Gasteiger partial charge in [0.15, 0.2) is 0 Å². The van der Waals surface area contributed by atoms with E-state index in [0.717, 1.165) is 6.42 Å². The summed E-state index contributed by atoms with van der Waals surface area (Å²) in [5.74, 6) is -0.160. The number of nitrogens with zero attached hydrogens (tertiary/aromatic N) is 3. The van der Waals surface area contributed by atoms with Gasteiger partial charge in [0.05, 0.1) is 10.5 Å². The number of nitrogens with one attached hydrogen (secondary N) is 1. The summed E-state index contributed by atoms with van der Waals surface area (Å²) in [6.45, 7) is 1.32. The number of hydrogen-bond acceptors (Lipinski definition) is 5. The van der Waals surface area contributed by atoms with Crippen LogP contribution in [0.5, 0.6) is 0 Å². The molecule has 1 fully saturated rings. The lowest BCUT2D eigenvalue weighted by molar-refractivity contribution is -0.384. The number of likely N-dealkylation sites (N-methyl/N-ethyl adjacent to an activating group) is 1. The maximum atomic E-state index is 12.6. The van der Waals surface area contributed by atoms with Crippen LogP contribution in [0.4, 0.5) is 11.4 Å². The van der Waals surface area contributed by atoms with Crippen molar-refractivity contribution in [3.63, 3.8) is 0 Å². The van der Waals surface area contributed by atoms with Gasteiger partial charge in [-0.2, -0.15) is 0 Å². The van der Waals surface area contributed by atoms with Gasteiger partial charge in [0.1, 0.15) is 5.69 Å². The maximum absolute atomic E-state index is 12.6. The Bertz CT molecular complexity index is 559. The second-order valence-electron chi connectivity index (χ2n) is 5.36. The number of rotatable bonds is 4. The summed E-state index contributed by atoms with van der Waals surface area (Å²) in [6.07, 6.45) is 0.919. The van der Waals surface area contributed by atoms with Gasteiger partial charge in [0, 0.05) is 32.2 Å². The molecule has 114 valence electrons. The van der Waals surface area contributed by atoms with E-state index >= 15 is 0 Å². The minimum atomic E-state index is -0.477. The van der Waals surface area contributed by atoms with Crippen molar-refractivity contribution in [1.82, 2.24) is 9.80 Å². The van der Waals surface area contributed by atoms with Gasteiger partial charge in [-0.1, -0.05) is 6.07 Å². The zero-order valence-electron chi connectivity index (χ0n) is 12.5. The molecule has 7 nitrogen and oxygen atoms in total. The first-order chi connectivity index (χ1) is 9.95. The van der Waals surface area contributed by atoms with Crippen LogP contribution in [0.15, 0.2) is 18.2 Å². The monoisotopic (exact) mass is 292 g/mol. The molecule has 1 amide bonds. The Kier molecular flexibility index (Phi) is 4.42. The van der Waals surface area contributed by atoms with Crippen LogP contribution in [0, 0.1) is 10.1 Å². The average Bonchev–Trinajstić information content (AvgIpc) is 2.95. The Morgan fingerprint density at radius 1 is 1.48 bits per heavy atom. The molecule has 1 aromatic rings. The molecule has 1 unspecified atom stereocenters. The zero-order chi connectivity index (χ0) is 15.6. The van der Waals surface area contributed by atoms with Crippen molar-refractivity contribution in [2.45, 2.75) is 12.5 Å². The highest BCUT2D eigenvalue weighted by Gasteiger charge is 2.30. The van der Waals surface area contributed by atoms with E-state index < -0.39 is 4.92 Å². The molecule has 0 radical (unpaired) electrons. The van der Waals surface area contributed by atoms with Gasteiger partial charge in [0.25, 0.3) is 11.6 Å². The van der Waals surface area contributed by atoms with Crippen molar-refractivity contribution < 1.29 is 9.72 Å². The molecule has 1 aliphatic rings. The quantitative estimate of drug-likeness (QED) is 0.670. The van der Waals surface area contributed by atoms with Gasteiger partial charge in [-0.25, -0.2) is 0 Å². The van der Waals surface area contributed by atoms with Crippen molar-refractivity contribution in [1.29, 1.82) is 0 Å². The van der Waals surface area contributed by atoms with Crippen LogP contribution < -0.4 is 5.32 Å². The van der Waals surface area contributed by atoms with E-state index in [1.165, 1.54) is 6.07 Å². The first-order valence-electron chi connectivity index (χ1n) is 6.86. The predicted octanol–water partition coefficient (Wildman–Crippen LogP) is 1.41. The minimum Gasteiger partial charge on any atom is -0.382 e. The number of para-hydroxylation sites is 1. The second kappa shape index (κ2) is 6.09. The normalized spacial score (nSPS) is 18.1.